The van der Waals surface area contributed by atoms with E-state index in [1.165, 1.54) is 11.8 Å². The maximum atomic E-state index is 12.5. The second kappa shape index (κ2) is 6.57. The Balaban J connectivity index is 3.98. The van der Waals surface area contributed by atoms with Gasteiger partial charge in [-0.05, 0) is 38.4 Å². The molecule has 0 fully saturated rings. The van der Waals surface area contributed by atoms with Crippen LogP contribution in [0.5, 0.6) is 0 Å². The largest absolute Gasteiger partial charge is 0.480 e. The van der Waals surface area contributed by atoms with Gasteiger partial charge in [0.05, 0.1) is 0 Å². The van der Waals surface area contributed by atoms with Crippen LogP contribution >= 0.6 is 11.8 Å². The number of rotatable bonds is 8. The lowest BCUT2D eigenvalue weighted by molar-refractivity contribution is -0.140. The molecule has 102 valence electrons. The molecule has 0 aromatic carbocycles. The monoisotopic (exact) mass is 268 g/mol. The molecule has 0 saturated carbocycles. The van der Waals surface area contributed by atoms with Gasteiger partial charge in [-0.15, -0.1) is 11.8 Å². The molecule has 0 heterocycles. The minimum absolute atomic E-state index is 0.0117. The van der Waals surface area contributed by atoms with Crippen LogP contribution in [0.15, 0.2) is 0 Å². The second-order valence-electron chi connectivity index (χ2n) is 4.94. The van der Waals surface area contributed by atoms with E-state index in [0.717, 1.165) is 6.92 Å². The molecular weight excluding hydrogens is 246 g/mol. The van der Waals surface area contributed by atoms with Gasteiger partial charge >= 0.3 is 5.97 Å². The molecule has 0 aromatic rings. The van der Waals surface area contributed by atoms with Gasteiger partial charge in [0.25, 0.3) is 0 Å². The molecule has 1 N–H and O–H groups in total. The summed E-state index contributed by atoms with van der Waals surface area (Å²) in [5.41, 5.74) is 0. The van der Waals surface area contributed by atoms with Crippen LogP contribution < -0.4 is 0 Å². The van der Waals surface area contributed by atoms with Gasteiger partial charge in [-0.1, -0.05) is 13.8 Å². The summed E-state index contributed by atoms with van der Waals surface area (Å²) in [6.07, 6.45) is 0.938. The Bertz CT molecular complexity index is 251. The van der Waals surface area contributed by atoms with E-state index >= 15 is 0 Å². The summed E-state index contributed by atoms with van der Waals surface area (Å²) in [5, 5.41) is 9.15. The first-order valence-electron chi connectivity index (χ1n) is 5.85. The minimum atomic E-state index is -2.61. The van der Waals surface area contributed by atoms with Gasteiger partial charge in [0.1, 0.15) is 4.75 Å². The highest BCUT2D eigenvalue weighted by atomic mass is 32.2. The summed E-state index contributed by atoms with van der Waals surface area (Å²) < 4.78 is 24.3. The van der Waals surface area contributed by atoms with Crippen LogP contribution in [0.3, 0.4) is 0 Å². The summed E-state index contributed by atoms with van der Waals surface area (Å²) >= 11 is 1.35. The van der Waals surface area contributed by atoms with Gasteiger partial charge in [0.15, 0.2) is 0 Å². The van der Waals surface area contributed by atoms with E-state index in [2.05, 4.69) is 0 Å². The molecule has 1 atom stereocenters. The SMILES string of the molecule is CC(C)C(C)(SCCCCC(C)(F)F)C(=O)O. The van der Waals surface area contributed by atoms with Crippen LogP contribution in [0.1, 0.15) is 47.0 Å². The number of carboxylic acid groups (broad SMARTS) is 1. The van der Waals surface area contributed by atoms with Crippen molar-refractivity contribution in [1.82, 2.24) is 0 Å². The Morgan fingerprint density at radius 1 is 1.29 bits per heavy atom. The predicted octanol–water partition coefficient (Wildman–Crippen LogP) is 4.04. The number of aliphatic carboxylic acids is 1. The molecule has 0 bridgehead atoms. The van der Waals surface area contributed by atoms with Crippen LogP contribution in [-0.4, -0.2) is 27.5 Å². The number of alkyl halides is 2. The highest BCUT2D eigenvalue weighted by molar-refractivity contribution is 8.01. The first-order chi connectivity index (χ1) is 7.59. The lowest BCUT2D eigenvalue weighted by Crippen LogP contribution is -2.37. The van der Waals surface area contributed by atoms with Crippen molar-refractivity contribution in [3.05, 3.63) is 0 Å². The first-order valence-corrected chi connectivity index (χ1v) is 6.83. The van der Waals surface area contributed by atoms with E-state index in [9.17, 15) is 13.6 Å². The van der Waals surface area contributed by atoms with E-state index in [-0.39, 0.29) is 12.3 Å². The molecule has 2 nitrogen and oxygen atoms in total. The molecule has 0 aliphatic rings. The highest BCUT2D eigenvalue weighted by Gasteiger charge is 2.36. The van der Waals surface area contributed by atoms with Crippen LogP contribution in [0.25, 0.3) is 0 Å². The van der Waals surface area contributed by atoms with Crippen molar-refractivity contribution in [2.24, 2.45) is 5.92 Å². The Labute approximate surface area is 106 Å². The van der Waals surface area contributed by atoms with Gasteiger partial charge in [-0.25, -0.2) is 8.78 Å². The van der Waals surface area contributed by atoms with Crippen molar-refractivity contribution in [3.63, 3.8) is 0 Å². The summed E-state index contributed by atoms with van der Waals surface area (Å²) in [6, 6.07) is 0. The fourth-order valence-electron chi connectivity index (χ4n) is 1.30. The smallest absolute Gasteiger partial charge is 0.319 e. The van der Waals surface area contributed by atoms with Crippen LogP contribution in [-0.2, 0) is 4.79 Å². The Kier molecular flexibility index (Phi) is 6.45. The third kappa shape index (κ3) is 6.24. The summed E-state index contributed by atoms with van der Waals surface area (Å²) in [7, 11) is 0. The zero-order valence-electron chi connectivity index (χ0n) is 10.9. The Morgan fingerprint density at radius 2 is 1.82 bits per heavy atom. The molecule has 0 aromatic heterocycles. The fraction of sp³-hybridized carbons (Fsp3) is 0.917. The van der Waals surface area contributed by atoms with Crippen molar-refractivity contribution in [1.29, 1.82) is 0 Å². The van der Waals surface area contributed by atoms with Crippen molar-refractivity contribution in [3.8, 4) is 0 Å². The average Bonchev–Trinajstić information content (AvgIpc) is 2.14. The molecular formula is C12H22F2O2S. The zero-order valence-corrected chi connectivity index (χ0v) is 11.7. The van der Waals surface area contributed by atoms with Crippen molar-refractivity contribution < 1.29 is 18.7 Å². The van der Waals surface area contributed by atoms with Gasteiger partial charge in [0, 0.05) is 6.42 Å². The average molecular weight is 268 g/mol. The second-order valence-corrected chi connectivity index (χ2v) is 6.49. The van der Waals surface area contributed by atoms with Crippen LogP contribution in [0.4, 0.5) is 8.78 Å². The van der Waals surface area contributed by atoms with E-state index in [1.807, 2.05) is 13.8 Å². The Morgan fingerprint density at radius 3 is 2.18 bits per heavy atom. The normalized spacial score (nSPS) is 15.9. The number of thioether (sulfide) groups is 1. The molecule has 0 rings (SSSR count). The number of hydrogen-bond acceptors (Lipinski definition) is 2. The van der Waals surface area contributed by atoms with E-state index in [1.54, 1.807) is 6.92 Å². The third-order valence-electron chi connectivity index (χ3n) is 2.94. The van der Waals surface area contributed by atoms with Crippen LogP contribution in [0, 0.1) is 5.92 Å². The van der Waals surface area contributed by atoms with Crippen molar-refractivity contribution in [2.45, 2.75) is 57.6 Å². The highest BCUT2D eigenvalue weighted by Crippen LogP contribution is 2.34. The molecule has 17 heavy (non-hydrogen) atoms. The predicted molar refractivity (Wildman–Crippen MR) is 67.8 cm³/mol. The maximum absolute atomic E-state index is 12.5. The van der Waals surface area contributed by atoms with E-state index in [4.69, 9.17) is 5.11 Å². The number of hydrogen-bond donors (Lipinski definition) is 1. The van der Waals surface area contributed by atoms with Gasteiger partial charge < -0.3 is 5.11 Å². The van der Waals surface area contributed by atoms with Crippen molar-refractivity contribution >= 4 is 17.7 Å². The number of carboxylic acids is 1. The summed E-state index contributed by atoms with van der Waals surface area (Å²) in [4.78, 5) is 11.1. The van der Waals surface area contributed by atoms with Crippen LogP contribution in [0.2, 0.25) is 0 Å². The summed E-state index contributed by atoms with van der Waals surface area (Å²) in [6.45, 7) is 6.33. The topological polar surface area (TPSA) is 37.3 Å². The van der Waals surface area contributed by atoms with Gasteiger partial charge in [-0.3, -0.25) is 4.79 Å². The number of carbonyl (C=O) groups is 1. The minimum Gasteiger partial charge on any atom is -0.480 e. The lowest BCUT2D eigenvalue weighted by atomic mass is 9.97. The molecule has 0 amide bonds. The quantitative estimate of drug-likeness (QED) is 0.675. The fourth-order valence-corrected chi connectivity index (χ4v) is 2.53. The lowest BCUT2D eigenvalue weighted by Gasteiger charge is -2.28. The van der Waals surface area contributed by atoms with Crippen molar-refractivity contribution in [2.75, 3.05) is 5.75 Å². The first kappa shape index (κ1) is 16.7. The van der Waals surface area contributed by atoms with E-state index < -0.39 is 16.6 Å². The molecule has 0 radical (unpaired) electrons. The standard InChI is InChI=1S/C12H22F2O2S/c1-9(2)12(4,10(15)16)17-8-6-5-7-11(3,13)14/h9H,5-8H2,1-4H3,(H,15,16). The van der Waals surface area contributed by atoms with Gasteiger partial charge in [-0.2, -0.15) is 0 Å². The third-order valence-corrected chi connectivity index (χ3v) is 4.68. The van der Waals surface area contributed by atoms with E-state index in [0.29, 0.717) is 18.6 Å². The zero-order chi connectivity index (χ0) is 13.7. The number of halogens is 2. The molecule has 0 spiro atoms. The molecule has 0 saturated heterocycles. The number of unbranched alkanes of at least 4 members (excludes halogenated alkanes) is 1. The maximum Gasteiger partial charge on any atom is 0.319 e. The Hall–Kier alpha value is -0.320. The van der Waals surface area contributed by atoms with Gasteiger partial charge in [0.2, 0.25) is 5.92 Å². The molecule has 0 aliphatic heterocycles. The molecule has 5 heteroatoms. The summed E-state index contributed by atoms with van der Waals surface area (Å²) in [5.74, 6) is -2.83. The molecule has 0 aliphatic carbocycles. The molecule has 1 unspecified atom stereocenters.